The highest BCUT2D eigenvalue weighted by Crippen LogP contribution is 2.39. The summed E-state index contributed by atoms with van der Waals surface area (Å²) in [4.78, 5) is 2.49. The van der Waals surface area contributed by atoms with Gasteiger partial charge in [0.05, 0.1) is 0 Å². The van der Waals surface area contributed by atoms with E-state index in [4.69, 9.17) is 5.11 Å². The van der Waals surface area contributed by atoms with Crippen molar-refractivity contribution in [2.75, 3.05) is 32.0 Å². The number of thioether (sulfide) groups is 1. The van der Waals surface area contributed by atoms with Gasteiger partial charge in [0, 0.05) is 36.9 Å². The van der Waals surface area contributed by atoms with Crippen LogP contribution >= 0.6 is 11.8 Å². The lowest BCUT2D eigenvalue weighted by atomic mass is 9.97. The molecule has 1 atom stereocenters. The van der Waals surface area contributed by atoms with Crippen LogP contribution in [0.1, 0.15) is 19.8 Å². The van der Waals surface area contributed by atoms with Crippen molar-refractivity contribution in [1.82, 2.24) is 4.90 Å². The Kier molecular flexibility index (Phi) is 2.86. The number of aliphatic hydroxyl groups excluding tert-OH is 1. The molecule has 0 aromatic heterocycles. The normalized spacial score (nSPS) is 36.5. The smallest absolute Gasteiger partial charge is 0.0483 e. The second-order valence-electron chi connectivity index (χ2n) is 4.64. The van der Waals surface area contributed by atoms with Gasteiger partial charge in [0.1, 0.15) is 0 Å². The van der Waals surface area contributed by atoms with Crippen LogP contribution in [0.2, 0.25) is 0 Å². The molecule has 2 saturated heterocycles. The molecular formula is C10H19NOS. The summed E-state index contributed by atoms with van der Waals surface area (Å²) in [6.07, 6.45) is 2.76. The van der Waals surface area contributed by atoms with Crippen LogP contribution in [0, 0.1) is 5.92 Å². The predicted octanol–water partition coefficient (Wildman–Crippen LogP) is 1.20. The summed E-state index contributed by atoms with van der Waals surface area (Å²) < 4.78 is 0.514. The van der Waals surface area contributed by atoms with Crippen molar-refractivity contribution in [3.05, 3.63) is 0 Å². The number of nitrogens with zero attached hydrogens (tertiary/aromatic N) is 1. The van der Waals surface area contributed by atoms with Gasteiger partial charge in [0.2, 0.25) is 0 Å². The van der Waals surface area contributed by atoms with Gasteiger partial charge >= 0.3 is 0 Å². The summed E-state index contributed by atoms with van der Waals surface area (Å²) in [7, 11) is 0. The molecule has 0 aliphatic carbocycles. The topological polar surface area (TPSA) is 23.5 Å². The van der Waals surface area contributed by atoms with E-state index < -0.39 is 0 Å². The van der Waals surface area contributed by atoms with Crippen LogP contribution in [0.4, 0.5) is 0 Å². The Morgan fingerprint density at radius 1 is 1.54 bits per heavy atom. The molecule has 0 bridgehead atoms. The van der Waals surface area contributed by atoms with Gasteiger partial charge in [-0.05, 0) is 25.5 Å². The van der Waals surface area contributed by atoms with Gasteiger partial charge in [0.15, 0.2) is 0 Å². The lowest BCUT2D eigenvalue weighted by molar-refractivity contribution is 0.0474. The monoisotopic (exact) mass is 201 g/mol. The van der Waals surface area contributed by atoms with Crippen LogP contribution in [0.25, 0.3) is 0 Å². The Bertz CT molecular complexity index is 174. The molecule has 0 aromatic rings. The van der Waals surface area contributed by atoms with Gasteiger partial charge in [-0.15, -0.1) is 0 Å². The first-order chi connectivity index (χ1) is 6.22. The molecule has 0 spiro atoms. The van der Waals surface area contributed by atoms with Gasteiger partial charge in [-0.25, -0.2) is 0 Å². The first-order valence-corrected chi connectivity index (χ1v) is 6.18. The minimum atomic E-state index is 0.375. The maximum absolute atomic E-state index is 8.90. The van der Waals surface area contributed by atoms with Crippen molar-refractivity contribution in [3.8, 4) is 0 Å². The molecule has 1 unspecified atom stereocenters. The summed E-state index contributed by atoms with van der Waals surface area (Å²) in [6.45, 7) is 6.23. The average Bonchev–Trinajstić information content (AvgIpc) is 2.44. The zero-order chi connectivity index (χ0) is 9.31. The van der Waals surface area contributed by atoms with Crippen LogP contribution in [0.3, 0.4) is 0 Å². The Hall–Kier alpha value is 0.270. The summed E-state index contributed by atoms with van der Waals surface area (Å²) >= 11 is 2.13. The third kappa shape index (κ3) is 2.20. The maximum atomic E-state index is 8.90. The van der Waals surface area contributed by atoms with E-state index in [1.165, 1.54) is 25.1 Å². The van der Waals surface area contributed by atoms with E-state index in [0.717, 1.165) is 13.1 Å². The third-order valence-electron chi connectivity index (χ3n) is 3.15. The number of hydrogen-bond acceptors (Lipinski definition) is 3. The van der Waals surface area contributed by atoms with Gasteiger partial charge in [-0.2, -0.15) is 11.8 Å². The van der Waals surface area contributed by atoms with E-state index in [9.17, 15) is 0 Å². The fourth-order valence-electron chi connectivity index (χ4n) is 2.36. The minimum absolute atomic E-state index is 0.375. The summed E-state index contributed by atoms with van der Waals surface area (Å²) in [5, 5.41) is 8.90. The quantitative estimate of drug-likeness (QED) is 0.742. The molecule has 2 fully saturated rings. The highest BCUT2D eigenvalue weighted by molar-refractivity contribution is 8.00. The van der Waals surface area contributed by atoms with Crippen LogP contribution in [-0.2, 0) is 0 Å². The highest BCUT2D eigenvalue weighted by Gasteiger charge is 2.35. The van der Waals surface area contributed by atoms with Crippen molar-refractivity contribution in [3.63, 3.8) is 0 Å². The molecule has 1 N–H and O–H groups in total. The van der Waals surface area contributed by atoms with Crippen LogP contribution in [-0.4, -0.2) is 46.7 Å². The number of aliphatic hydroxyl groups is 1. The lowest BCUT2D eigenvalue weighted by Gasteiger charge is -2.42. The molecule has 2 rings (SSSR count). The van der Waals surface area contributed by atoms with Gasteiger partial charge < -0.3 is 10.0 Å². The number of hydrogen-bond donors (Lipinski definition) is 1. The highest BCUT2D eigenvalue weighted by atomic mass is 32.2. The van der Waals surface area contributed by atoms with Gasteiger partial charge in [-0.3, -0.25) is 0 Å². The Morgan fingerprint density at radius 3 is 2.85 bits per heavy atom. The van der Waals surface area contributed by atoms with Crippen LogP contribution in [0.5, 0.6) is 0 Å². The molecule has 0 radical (unpaired) electrons. The van der Waals surface area contributed by atoms with Crippen LogP contribution in [0.15, 0.2) is 0 Å². The second kappa shape index (κ2) is 3.79. The molecule has 0 aromatic carbocycles. The summed E-state index contributed by atoms with van der Waals surface area (Å²) in [5.74, 6) is 1.91. The second-order valence-corrected chi connectivity index (χ2v) is 6.33. The van der Waals surface area contributed by atoms with Crippen molar-refractivity contribution in [1.29, 1.82) is 0 Å². The minimum Gasteiger partial charge on any atom is -0.396 e. The van der Waals surface area contributed by atoms with Crippen molar-refractivity contribution < 1.29 is 5.11 Å². The molecule has 3 heteroatoms. The molecule has 13 heavy (non-hydrogen) atoms. The standard InChI is InChI=1S/C10H19NOS/c1-10(3-2-4-13-10)8-11-5-9(6-11)7-12/h9,12H,2-8H2,1H3. The van der Waals surface area contributed by atoms with Crippen LogP contribution < -0.4 is 0 Å². The Morgan fingerprint density at radius 2 is 2.31 bits per heavy atom. The molecule has 2 aliphatic rings. The molecule has 76 valence electrons. The van der Waals surface area contributed by atoms with E-state index in [1.807, 2.05) is 0 Å². The van der Waals surface area contributed by atoms with Crippen molar-refractivity contribution in [2.24, 2.45) is 5.92 Å². The van der Waals surface area contributed by atoms with Crippen molar-refractivity contribution >= 4 is 11.8 Å². The molecule has 0 amide bonds. The zero-order valence-corrected chi connectivity index (χ0v) is 9.15. The molecular weight excluding hydrogens is 182 g/mol. The Balaban J connectivity index is 1.73. The van der Waals surface area contributed by atoms with Gasteiger partial charge in [-0.1, -0.05) is 0 Å². The third-order valence-corrected chi connectivity index (χ3v) is 4.67. The van der Waals surface area contributed by atoms with E-state index >= 15 is 0 Å². The largest absolute Gasteiger partial charge is 0.396 e. The fraction of sp³-hybridized carbons (Fsp3) is 1.00. The summed E-state index contributed by atoms with van der Waals surface area (Å²) in [6, 6.07) is 0. The van der Waals surface area contributed by atoms with E-state index in [-0.39, 0.29) is 0 Å². The lowest BCUT2D eigenvalue weighted by Crippen LogP contribution is -2.52. The van der Waals surface area contributed by atoms with E-state index in [0.29, 0.717) is 17.3 Å². The maximum Gasteiger partial charge on any atom is 0.0483 e. The molecule has 2 aliphatic heterocycles. The fourth-order valence-corrected chi connectivity index (χ4v) is 3.70. The first kappa shape index (κ1) is 9.81. The first-order valence-electron chi connectivity index (χ1n) is 5.19. The Labute approximate surface area is 84.7 Å². The molecule has 2 nitrogen and oxygen atoms in total. The summed E-state index contributed by atoms with van der Waals surface area (Å²) in [5.41, 5.74) is 0. The predicted molar refractivity (Wildman–Crippen MR) is 57.1 cm³/mol. The molecule has 0 saturated carbocycles. The average molecular weight is 201 g/mol. The number of likely N-dealkylation sites (tertiary alicyclic amines) is 1. The molecule has 2 heterocycles. The number of rotatable bonds is 3. The van der Waals surface area contributed by atoms with E-state index in [1.54, 1.807) is 0 Å². The van der Waals surface area contributed by atoms with E-state index in [2.05, 4.69) is 23.6 Å². The van der Waals surface area contributed by atoms with Crippen molar-refractivity contribution in [2.45, 2.75) is 24.5 Å². The SMILES string of the molecule is CC1(CN2CC(CO)C2)CCCS1. The van der Waals surface area contributed by atoms with Gasteiger partial charge in [0.25, 0.3) is 0 Å². The zero-order valence-electron chi connectivity index (χ0n) is 8.33.